The first-order valence-electron chi connectivity index (χ1n) is 3.73. The van der Waals surface area contributed by atoms with E-state index in [1.165, 1.54) is 0 Å². The van der Waals surface area contributed by atoms with Gasteiger partial charge >= 0.3 is 0 Å². The summed E-state index contributed by atoms with van der Waals surface area (Å²) in [6, 6.07) is 5.66. The second-order valence-corrected chi connectivity index (χ2v) is 3.65. The van der Waals surface area contributed by atoms with E-state index in [0.29, 0.717) is 5.56 Å². The Morgan fingerprint density at radius 2 is 2.31 bits per heavy atom. The van der Waals surface area contributed by atoms with Crippen LogP contribution in [0.3, 0.4) is 0 Å². The molecular formula is C9H6BrN3. The molecule has 0 amide bonds. The minimum absolute atomic E-state index is 0.623. The monoisotopic (exact) mass is 235 g/mol. The van der Waals surface area contributed by atoms with Gasteiger partial charge in [-0.25, -0.2) is 4.98 Å². The van der Waals surface area contributed by atoms with E-state index < -0.39 is 0 Å². The molecule has 3 nitrogen and oxygen atoms in total. The van der Waals surface area contributed by atoms with Gasteiger partial charge in [0.05, 0.1) is 29.0 Å². The maximum absolute atomic E-state index is 8.72. The van der Waals surface area contributed by atoms with E-state index in [4.69, 9.17) is 5.26 Å². The predicted octanol–water partition coefficient (Wildman–Crippen LogP) is 2.21. The summed E-state index contributed by atoms with van der Waals surface area (Å²) >= 11 is 3.41. The van der Waals surface area contributed by atoms with Gasteiger partial charge in [0.2, 0.25) is 0 Å². The van der Waals surface area contributed by atoms with Crippen LogP contribution in [0.4, 0.5) is 0 Å². The molecule has 1 aromatic heterocycles. The maximum Gasteiger partial charge on any atom is 0.0992 e. The highest BCUT2D eigenvalue weighted by atomic mass is 79.9. The van der Waals surface area contributed by atoms with Gasteiger partial charge in [-0.15, -0.1) is 0 Å². The number of halogens is 1. The highest BCUT2D eigenvalue weighted by molar-refractivity contribution is 9.10. The van der Waals surface area contributed by atoms with Crippen LogP contribution in [-0.4, -0.2) is 9.55 Å². The van der Waals surface area contributed by atoms with Crippen molar-refractivity contribution in [2.24, 2.45) is 7.05 Å². The molecule has 0 aliphatic carbocycles. The molecule has 2 rings (SSSR count). The number of aromatic nitrogens is 2. The average Bonchev–Trinajstić information content (AvgIpc) is 2.48. The third-order valence-electron chi connectivity index (χ3n) is 1.90. The predicted molar refractivity (Wildman–Crippen MR) is 53.1 cm³/mol. The fourth-order valence-electron chi connectivity index (χ4n) is 1.30. The highest BCUT2D eigenvalue weighted by Gasteiger charge is 2.05. The van der Waals surface area contributed by atoms with Crippen LogP contribution in [0, 0.1) is 11.3 Å². The molecule has 0 fully saturated rings. The van der Waals surface area contributed by atoms with Gasteiger partial charge in [0, 0.05) is 11.5 Å². The second kappa shape index (κ2) is 2.86. The summed E-state index contributed by atoms with van der Waals surface area (Å²) in [6.45, 7) is 0. The van der Waals surface area contributed by atoms with E-state index in [1.807, 2.05) is 11.6 Å². The maximum atomic E-state index is 8.72. The molecule has 4 heteroatoms. The molecule has 0 aliphatic heterocycles. The zero-order valence-corrected chi connectivity index (χ0v) is 8.54. The molecule has 0 aliphatic rings. The van der Waals surface area contributed by atoms with Crippen molar-refractivity contribution in [3.8, 4) is 6.07 Å². The number of nitrogens with zero attached hydrogens (tertiary/aromatic N) is 3. The Labute approximate surface area is 83.7 Å². The minimum atomic E-state index is 0.623. The Balaban J connectivity index is 2.89. The Bertz CT molecular complexity index is 507. The molecule has 0 atom stereocenters. The number of hydrogen-bond acceptors (Lipinski definition) is 2. The molecule has 64 valence electrons. The molecule has 0 N–H and O–H groups in total. The van der Waals surface area contributed by atoms with Crippen molar-refractivity contribution in [2.75, 3.05) is 0 Å². The van der Waals surface area contributed by atoms with E-state index >= 15 is 0 Å². The summed E-state index contributed by atoms with van der Waals surface area (Å²) < 4.78 is 2.82. The van der Waals surface area contributed by atoms with Crippen molar-refractivity contribution in [2.45, 2.75) is 0 Å². The molecule has 0 saturated carbocycles. The summed E-state index contributed by atoms with van der Waals surface area (Å²) in [4.78, 5) is 4.17. The molecule has 1 aromatic carbocycles. The lowest BCUT2D eigenvalue weighted by Crippen LogP contribution is -1.85. The van der Waals surface area contributed by atoms with Crippen molar-refractivity contribution in [1.29, 1.82) is 5.26 Å². The summed E-state index contributed by atoms with van der Waals surface area (Å²) in [5.74, 6) is 0. The number of benzene rings is 1. The Kier molecular flexibility index (Phi) is 1.82. The van der Waals surface area contributed by atoms with Crippen LogP contribution < -0.4 is 0 Å². The van der Waals surface area contributed by atoms with Gasteiger partial charge in [0.1, 0.15) is 0 Å². The van der Waals surface area contributed by atoms with Crippen molar-refractivity contribution >= 4 is 27.0 Å². The molecular weight excluding hydrogens is 230 g/mol. The third-order valence-corrected chi connectivity index (χ3v) is 2.50. The van der Waals surface area contributed by atoms with E-state index in [9.17, 15) is 0 Å². The number of nitriles is 1. The average molecular weight is 236 g/mol. The lowest BCUT2D eigenvalue weighted by molar-refractivity contribution is 0.945. The van der Waals surface area contributed by atoms with Gasteiger partial charge in [-0.05, 0) is 28.1 Å². The van der Waals surface area contributed by atoms with Crippen LogP contribution in [-0.2, 0) is 7.05 Å². The summed E-state index contributed by atoms with van der Waals surface area (Å²) in [6.07, 6.45) is 1.73. The number of hydrogen-bond donors (Lipinski definition) is 0. The first kappa shape index (κ1) is 8.27. The second-order valence-electron chi connectivity index (χ2n) is 2.79. The zero-order chi connectivity index (χ0) is 9.42. The summed E-state index contributed by atoms with van der Waals surface area (Å²) in [5.41, 5.74) is 2.48. The molecule has 0 bridgehead atoms. The molecule has 2 aromatic rings. The fourth-order valence-corrected chi connectivity index (χ4v) is 2.03. The lowest BCUT2D eigenvalue weighted by atomic mass is 10.2. The number of rotatable bonds is 0. The quantitative estimate of drug-likeness (QED) is 0.703. The van der Waals surface area contributed by atoms with Gasteiger partial charge in [-0.3, -0.25) is 0 Å². The van der Waals surface area contributed by atoms with Crippen LogP contribution in [0.1, 0.15) is 5.56 Å². The van der Waals surface area contributed by atoms with Crippen molar-refractivity contribution in [3.63, 3.8) is 0 Å². The van der Waals surface area contributed by atoms with Gasteiger partial charge in [-0.2, -0.15) is 5.26 Å². The standard InChI is InChI=1S/C9H6BrN3/c1-13-5-12-8-3-6(4-11)2-7(10)9(8)13/h2-3,5H,1H3. The smallest absolute Gasteiger partial charge is 0.0992 e. The summed E-state index contributed by atoms with van der Waals surface area (Å²) in [5, 5.41) is 8.72. The van der Waals surface area contributed by atoms with Gasteiger partial charge in [0.25, 0.3) is 0 Å². The topological polar surface area (TPSA) is 41.6 Å². The molecule has 1 heterocycles. The Hall–Kier alpha value is -1.34. The molecule has 0 saturated heterocycles. The third kappa shape index (κ3) is 1.21. The van der Waals surface area contributed by atoms with E-state index in [2.05, 4.69) is 27.0 Å². The lowest BCUT2D eigenvalue weighted by Gasteiger charge is -1.97. The van der Waals surface area contributed by atoms with Crippen LogP contribution in [0.2, 0.25) is 0 Å². The van der Waals surface area contributed by atoms with E-state index in [0.717, 1.165) is 15.5 Å². The SMILES string of the molecule is Cn1cnc2cc(C#N)cc(Br)c21. The fraction of sp³-hybridized carbons (Fsp3) is 0.111. The van der Waals surface area contributed by atoms with Crippen LogP contribution >= 0.6 is 15.9 Å². The van der Waals surface area contributed by atoms with Crippen molar-refractivity contribution in [3.05, 3.63) is 28.5 Å². The highest BCUT2D eigenvalue weighted by Crippen LogP contribution is 2.24. The Morgan fingerprint density at radius 3 is 3.00 bits per heavy atom. The molecule has 13 heavy (non-hydrogen) atoms. The van der Waals surface area contributed by atoms with E-state index in [1.54, 1.807) is 18.5 Å². The van der Waals surface area contributed by atoms with Crippen LogP contribution in [0.25, 0.3) is 11.0 Å². The molecule has 0 radical (unpaired) electrons. The number of aryl methyl sites for hydroxylation is 1. The summed E-state index contributed by atoms with van der Waals surface area (Å²) in [7, 11) is 1.92. The number of fused-ring (bicyclic) bond motifs is 1. The van der Waals surface area contributed by atoms with Gasteiger partial charge < -0.3 is 4.57 Å². The van der Waals surface area contributed by atoms with Crippen LogP contribution in [0.5, 0.6) is 0 Å². The van der Waals surface area contributed by atoms with Gasteiger partial charge in [0.15, 0.2) is 0 Å². The molecule has 0 unspecified atom stereocenters. The van der Waals surface area contributed by atoms with Crippen molar-refractivity contribution < 1.29 is 0 Å². The molecule has 0 spiro atoms. The van der Waals surface area contributed by atoms with Crippen LogP contribution in [0.15, 0.2) is 22.9 Å². The first-order chi connectivity index (χ1) is 6.22. The Morgan fingerprint density at radius 1 is 1.54 bits per heavy atom. The normalized spacial score (nSPS) is 10.2. The van der Waals surface area contributed by atoms with Gasteiger partial charge in [-0.1, -0.05) is 0 Å². The zero-order valence-electron chi connectivity index (χ0n) is 6.95. The largest absolute Gasteiger partial charge is 0.333 e. The number of imidazole rings is 1. The first-order valence-corrected chi connectivity index (χ1v) is 4.52. The minimum Gasteiger partial charge on any atom is -0.333 e. The van der Waals surface area contributed by atoms with Crippen molar-refractivity contribution in [1.82, 2.24) is 9.55 Å². The van der Waals surface area contributed by atoms with E-state index in [-0.39, 0.29) is 0 Å².